The van der Waals surface area contributed by atoms with Crippen LogP contribution < -0.4 is 0 Å². The lowest BCUT2D eigenvalue weighted by molar-refractivity contribution is -0.131. The molecule has 0 heterocycles. The lowest BCUT2D eigenvalue weighted by Gasteiger charge is -2.28. The number of carbonyl (C=O) groups is 2. The minimum atomic E-state index is -1.05. The summed E-state index contributed by atoms with van der Waals surface area (Å²) in [6.07, 6.45) is 3.20. The van der Waals surface area contributed by atoms with Crippen LogP contribution in [0.25, 0.3) is 0 Å². The molecule has 0 N–H and O–H groups in total. The SMILES string of the molecule is [3H][B]SO[C@@H](CC(=O)CC(=O)C(C)(C)/C=C/COP([B])C)C[C@@H](OP([B])C)C(C)C. The van der Waals surface area contributed by atoms with Crippen LogP contribution in [0.3, 0.4) is 0 Å². The molecular formula is C18H32B3O5P2S. The van der Waals surface area contributed by atoms with Crippen LogP contribution >= 0.6 is 27.9 Å². The van der Waals surface area contributed by atoms with Crippen molar-refractivity contribution in [1.82, 2.24) is 0 Å². The summed E-state index contributed by atoms with van der Waals surface area (Å²) in [5, 5.41) is 0. The molecule has 0 rings (SSSR count). The molecule has 0 bridgehead atoms. The van der Waals surface area contributed by atoms with E-state index in [9.17, 15) is 9.59 Å². The van der Waals surface area contributed by atoms with Gasteiger partial charge in [0.15, 0.2) is 0 Å². The van der Waals surface area contributed by atoms with Gasteiger partial charge in [-0.2, -0.15) is 0 Å². The van der Waals surface area contributed by atoms with Crippen molar-refractivity contribution in [2.45, 2.75) is 59.2 Å². The number of hydrogen-bond acceptors (Lipinski definition) is 6. The van der Waals surface area contributed by atoms with Gasteiger partial charge in [-0.1, -0.05) is 37.9 Å². The number of carbonyl (C=O) groups excluding carboxylic acids is 2. The van der Waals surface area contributed by atoms with Gasteiger partial charge in [0.05, 0.1) is 25.2 Å². The Labute approximate surface area is 188 Å². The Hall–Kier alpha value is 0.365. The van der Waals surface area contributed by atoms with Crippen molar-refractivity contribution >= 4 is 61.7 Å². The Kier molecular flexibility index (Phi) is 14.4. The minimum Gasteiger partial charge on any atom is -0.367 e. The van der Waals surface area contributed by atoms with E-state index in [0.717, 1.165) is 19.0 Å². The fraction of sp³-hybridized carbons (Fsp3) is 0.778. The van der Waals surface area contributed by atoms with Crippen LogP contribution in [0, 0.1) is 11.3 Å². The first-order chi connectivity index (χ1) is 13.9. The second kappa shape index (κ2) is 15.2. The molecule has 0 aromatic carbocycles. The van der Waals surface area contributed by atoms with Gasteiger partial charge in [-0.05, 0) is 50.5 Å². The van der Waals surface area contributed by atoms with Crippen molar-refractivity contribution in [2.75, 3.05) is 19.9 Å². The number of ketones is 2. The molecule has 0 aliphatic carbocycles. The number of Topliss-reactive ketones (excluding diaryl/α,β-unsaturated/α-hetero) is 2. The van der Waals surface area contributed by atoms with Crippen molar-refractivity contribution in [3.8, 4) is 0 Å². The normalized spacial score (nSPS) is 17.0. The fourth-order valence-electron chi connectivity index (χ4n) is 2.47. The van der Waals surface area contributed by atoms with E-state index in [1.165, 1.54) is 0 Å². The molecule has 5 radical (unpaired) electrons. The monoisotopic (exact) mass is 457 g/mol. The van der Waals surface area contributed by atoms with Crippen LogP contribution in [-0.2, 0) is 22.8 Å². The Morgan fingerprint density at radius 1 is 1.28 bits per heavy atom. The van der Waals surface area contributed by atoms with Crippen molar-refractivity contribution < 1.29 is 22.8 Å². The standard InChI is InChI=1S/C18H32B3O5P2S/c1-13(2)16(25-28(6)20)12-15(26-29-21)10-14(22)11-17(23)18(3,4)8-7-9-24-27(5)19/h7-8,13,15-16,21H,9-12H2,1-6H3/b8-7+/t15-,16+,27?,28?/m0/s1/i21T. The molecule has 11 heteroatoms. The van der Waals surface area contributed by atoms with E-state index in [4.69, 9.17) is 29.7 Å². The lowest BCUT2D eigenvalue weighted by atomic mass is 9.84. The van der Waals surface area contributed by atoms with Crippen LogP contribution in [0.2, 0.25) is 0 Å². The van der Waals surface area contributed by atoms with Crippen LogP contribution in [-0.4, -0.2) is 67.3 Å². The van der Waals surface area contributed by atoms with Crippen molar-refractivity contribution in [3.63, 3.8) is 0 Å². The van der Waals surface area contributed by atoms with Gasteiger partial charge in [0.1, 0.15) is 26.7 Å². The zero-order valence-electron chi connectivity index (χ0n) is 19.3. The average molecular weight is 457 g/mol. The smallest absolute Gasteiger partial charge is 0.209 e. The molecule has 159 valence electrons. The summed E-state index contributed by atoms with van der Waals surface area (Å²) < 4.78 is 23.8. The van der Waals surface area contributed by atoms with Crippen LogP contribution in [0.1, 0.15) is 47.0 Å². The highest BCUT2D eigenvalue weighted by Gasteiger charge is 2.29. The van der Waals surface area contributed by atoms with E-state index in [1.807, 2.05) is 20.5 Å². The lowest BCUT2D eigenvalue weighted by Crippen LogP contribution is -2.29. The number of hydrogen-bond donors (Lipinski definition) is 0. The highest BCUT2D eigenvalue weighted by atomic mass is 32.2. The van der Waals surface area contributed by atoms with Gasteiger partial charge in [0, 0.05) is 18.3 Å². The van der Waals surface area contributed by atoms with E-state index in [1.54, 1.807) is 32.7 Å². The summed E-state index contributed by atoms with van der Waals surface area (Å²) in [5.41, 5.74) is -0.786. The third kappa shape index (κ3) is 14.1. The molecule has 0 aliphatic heterocycles. The predicted molar refractivity (Wildman–Crippen MR) is 129 cm³/mol. The Morgan fingerprint density at radius 2 is 1.93 bits per heavy atom. The molecule has 0 aromatic rings. The maximum absolute atomic E-state index is 12.6. The molecule has 0 aliphatic rings. The van der Waals surface area contributed by atoms with E-state index in [0.29, 0.717) is 13.0 Å². The summed E-state index contributed by atoms with van der Waals surface area (Å²) in [5.74, 6) is -0.193. The molecule has 0 saturated carbocycles. The molecule has 0 saturated heterocycles. The Morgan fingerprint density at radius 3 is 2.45 bits per heavy atom. The molecule has 4 atom stereocenters. The molecule has 29 heavy (non-hydrogen) atoms. The molecule has 0 aromatic heterocycles. The summed E-state index contributed by atoms with van der Waals surface area (Å²) in [7, 11) is 10.5. The zero-order valence-corrected chi connectivity index (χ0v) is 20.9. The van der Waals surface area contributed by atoms with Crippen LogP contribution in [0.4, 0.5) is 0 Å². The maximum atomic E-state index is 12.6. The van der Waals surface area contributed by atoms with Crippen LogP contribution in [0.15, 0.2) is 12.2 Å². The summed E-state index contributed by atoms with van der Waals surface area (Å²) in [6, 6.07) is 0. The minimum absolute atomic E-state index is 0.0710. The van der Waals surface area contributed by atoms with Gasteiger partial charge < -0.3 is 13.2 Å². The number of rotatable bonds is 17. The molecule has 0 fully saturated rings. The van der Waals surface area contributed by atoms with Crippen LogP contribution in [0.5, 0.6) is 0 Å². The highest BCUT2D eigenvalue weighted by Crippen LogP contribution is 2.33. The topological polar surface area (TPSA) is 61.8 Å². The second-order valence-electron chi connectivity index (χ2n) is 7.79. The van der Waals surface area contributed by atoms with E-state index < -0.39 is 27.6 Å². The first-order valence-electron chi connectivity index (χ1n) is 9.98. The van der Waals surface area contributed by atoms with Gasteiger partial charge in [-0.3, -0.25) is 9.59 Å². The van der Waals surface area contributed by atoms with Gasteiger partial charge in [0.25, 0.3) is 0 Å². The van der Waals surface area contributed by atoms with E-state index in [-0.39, 0.29) is 36.4 Å². The zero-order chi connectivity index (χ0) is 23.3. The summed E-state index contributed by atoms with van der Waals surface area (Å²) in [4.78, 5) is 25.2. The Bertz CT molecular complexity index is 554. The molecule has 0 spiro atoms. The van der Waals surface area contributed by atoms with Crippen molar-refractivity contribution in [3.05, 3.63) is 12.2 Å². The van der Waals surface area contributed by atoms with E-state index in [2.05, 4.69) is 0 Å². The van der Waals surface area contributed by atoms with Gasteiger partial charge in [-0.15, -0.1) is 0 Å². The Balaban J connectivity index is 4.91. The van der Waals surface area contributed by atoms with Crippen molar-refractivity contribution in [1.29, 1.82) is 1.34 Å². The molecular weight excluding hydrogens is 423 g/mol. The molecule has 2 unspecified atom stereocenters. The van der Waals surface area contributed by atoms with Gasteiger partial charge in [0.2, 0.25) is 7.09 Å². The number of allylic oxidation sites excluding steroid dienone is 1. The third-order valence-electron chi connectivity index (χ3n) is 4.17. The van der Waals surface area contributed by atoms with Gasteiger partial charge in [-0.25, -0.2) is 0 Å². The summed E-state index contributed by atoms with van der Waals surface area (Å²) in [6.45, 7) is 11.5. The van der Waals surface area contributed by atoms with E-state index >= 15 is 0 Å². The first-order valence-corrected chi connectivity index (χ1v) is 13.8. The predicted octanol–water partition coefficient (Wildman–Crippen LogP) is 4.00. The van der Waals surface area contributed by atoms with Crippen molar-refractivity contribution in [2.24, 2.45) is 11.3 Å². The highest BCUT2D eigenvalue weighted by molar-refractivity contribution is 8.15. The maximum Gasteiger partial charge on any atom is 0.209 e. The largest absolute Gasteiger partial charge is 0.367 e. The second-order valence-corrected chi connectivity index (χ2v) is 10.8. The quantitative estimate of drug-likeness (QED) is 0.108. The molecule has 5 nitrogen and oxygen atoms in total. The fourth-order valence-corrected chi connectivity index (χ4v) is 3.86. The van der Waals surface area contributed by atoms with Gasteiger partial charge >= 0.3 is 0 Å². The first kappa shape index (κ1) is 27.4. The third-order valence-corrected chi connectivity index (χ3v) is 5.72. The molecule has 0 amide bonds. The average Bonchev–Trinajstić information content (AvgIpc) is 2.61. The summed E-state index contributed by atoms with van der Waals surface area (Å²) >= 11 is 0.860.